The molecule has 0 aliphatic carbocycles. The first kappa shape index (κ1) is 19.4. The lowest BCUT2D eigenvalue weighted by atomic mass is 10.2. The Labute approximate surface area is 161 Å². The quantitative estimate of drug-likeness (QED) is 0.373. The predicted molar refractivity (Wildman–Crippen MR) is 101 cm³/mol. The number of hydrogen-bond donors (Lipinski definition) is 3. The minimum atomic E-state index is -0.469. The minimum absolute atomic E-state index is 0.230. The number of carbonyl (C=O) groups excluding carboxylic acids is 1. The van der Waals surface area contributed by atoms with Gasteiger partial charge in [0.05, 0.1) is 19.4 Å². The fourth-order valence-corrected chi connectivity index (χ4v) is 2.47. The highest BCUT2D eigenvalue weighted by molar-refractivity contribution is 5.83. The average molecular weight is 387 g/mol. The Morgan fingerprint density at radius 2 is 2.07 bits per heavy atom. The van der Waals surface area contributed by atoms with Crippen molar-refractivity contribution in [2.45, 2.75) is 6.92 Å². The third-order valence-electron chi connectivity index (χ3n) is 3.87. The maximum Gasteiger partial charge on any atom is 0.278 e. The zero-order chi connectivity index (χ0) is 19.9. The molecule has 3 N–H and O–H groups in total. The number of ether oxygens (including phenoxy) is 2. The van der Waals surface area contributed by atoms with Crippen LogP contribution < -0.4 is 15.1 Å². The zero-order valence-electron chi connectivity index (χ0n) is 15.3. The van der Waals surface area contributed by atoms with Gasteiger partial charge in [-0.15, -0.1) is 0 Å². The average Bonchev–Trinajstić information content (AvgIpc) is 2.69. The van der Waals surface area contributed by atoms with Crippen LogP contribution in [-0.4, -0.2) is 65.2 Å². The number of aromatic nitrogens is 2. The van der Waals surface area contributed by atoms with Crippen LogP contribution in [0.1, 0.15) is 11.3 Å². The van der Waals surface area contributed by atoms with Crippen LogP contribution in [0.2, 0.25) is 0 Å². The third kappa shape index (κ3) is 5.30. The minimum Gasteiger partial charge on any atom is -0.504 e. The molecule has 0 unspecified atom stereocenters. The van der Waals surface area contributed by atoms with Crippen LogP contribution >= 0.6 is 0 Å². The van der Waals surface area contributed by atoms with Crippen molar-refractivity contribution in [3.05, 3.63) is 35.5 Å². The maximum absolute atomic E-state index is 11.9. The van der Waals surface area contributed by atoms with Crippen molar-refractivity contribution in [1.29, 1.82) is 0 Å². The molecule has 0 saturated carbocycles. The summed E-state index contributed by atoms with van der Waals surface area (Å²) in [5.41, 5.74) is 3.56. The Morgan fingerprint density at radius 3 is 2.82 bits per heavy atom. The number of benzene rings is 1. The number of nitrogens with one attached hydrogen (secondary N) is 1. The fourth-order valence-electron chi connectivity index (χ4n) is 2.47. The molecule has 1 aromatic carbocycles. The van der Waals surface area contributed by atoms with Gasteiger partial charge >= 0.3 is 0 Å². The second-order valence-corrected chi connectivity index (χ2v) is 6.08. The lowest BCUT2D eigenvalue weighted by Gasteiger charge is -2.27. The number of anilines is 1. The topological polar surface area (TPSA) is 129 Å². The summed E-state index contributed by atoms with van der Waals surface area (Å²) >= 11 is 0. The van der Waals surface area contributed by atoms with Gasteiger partial charge in [0.2, 0.25) is 11.8 Å². The Bertz CT molecular complexity index is 867. The fraction of sp³-hybridized carbons (Fsp3) is 0.333. The second-order valence-electron chi connectivity index (χ2n) is 6.08. The number of phenols is 2. The van der Waals surface area contributed by atoms with E-state index >= 15 is 0 Å². The van der Waals surface area contributed by atoms with Gasteiger partial charge in [0.25, 0.3) is 5.91 Å². The second kappa shape index (κ2) is 9.00. The number of aryl methyl sites for hydroxylation is 1. The number of hydrazone groups is 1. The summed E-state index contributed by atoms with van der Waals surface area (Å²) in [7, 11) is 0. The van der Waals surface area contributed by atoms with Crippen molar-refractivity contribution in [3.63, 3.8) is 0 Å². The van der Waals surface area contributed by atoms with Gasteiger partial charge in [-0.05, 0) is 30.7 Å². The maximum atomic E-state index is 11.9. The van der Waals surface area contributed by atoms with Crippen molar-refractivity contribution in [3.8, 4) is 17.4 Å². The zero-order valence-corrected chi connectivity index (χ0v) is 15.3. The number of amides is 1. The molecule has 1 saturated heterocycles. The smallest absolute Gasteiger partial charge is 0.278 e. The normalized spacial score (nSPS) is 14.2. The van der Waals surface area contributed by atoms with Gasteiger partial charge in [-0.2, -0.15) is 10.1 Å². The largest absolute Gasteiger partial charge is 0.504 e. The molecule has 1 aromatic heterocycles. The third-order valence-corrected chi connectivity index (χ3v) is 3.87. The Morgan fingerprint density at radius 1 is 1.29 bits per heavy atom. The van der Waals surface area contributed by atoms with E-state index in [4.69, 9.17) is 9.47 Å². The number of morpholine rings is 1. The van der Waals surface area contributed by atoms with Gasteiger partial charge in [0, 0.05) is 24.8 Å². The molecular formula is C18H21N5O5. The van der Waals surface area contributed by atoms with E-state index in [0.717, 1.165) is 5.69 Å². The molecule has 0 atom stereocenters. The summed E-state index contributed by atoms with van der Waals surface area (Å²) < 4.78 is 10.8. The first-order chi connectivity index (χ1) is 13.5. The van der Waals surface area contributed by atoms with E-state index < -0.39 is 5.91 Å². The van der Waals surface area contributed by atoms with E-state index in [1.54, 1.807) is 6.07 Å². The van der Waals surface area contributed by atoms with Crippen LogP contribution in [0.5, 0.6) is 17.4 Å². The first-order valence-corrected chi connectivity index (χ1v) is 8.66. The predicted octanol–water partition coefficient (Wildman–Crippen LogP) is 0.562. The van der Waals surface area contributed by atoms with Crippen LogP contribution in [-0.2, 0) is 9.53 Å². The van der Waals surface area contributed by atoms with Gasteiger partial charge < -0.3 is 24.6 Å². The Kier molecular flexibility index (Phi) is 6.22. The lowest BCUT2D eigenvalue weighted by Crippen LogP contribution is -2.37. The molecule has 1 aliphatic rings. The number of hydrogen-bond acceptors (Lipinski definition) is 9. The van der Waals surface area contributed by atoms with Gasteiger partial charge in [-0.25, -0.2) is 10.4 Å². The summed E-state index contributed by atoms with van der Waals surface area (Å²) in [5, 5.41) is 22.5. The van der Waals surface area contributed by atoms with E-state index in [0.29, 0.717) is 43.7 Å². The van der Waals surface area contributed by atoms with E-state index in [2.05, 4.69) is 20.5 Å². The highest BCUT2D eigenvalue weighted by Crippen LogP contribution is 2.24. The van der Waals surface area contributed by atoms with Crippen molar-refractivity contribution in [2.75, 3.05) is 37.8 Å². The van der Waals surface area contributed by atoms with Gasteiger partial charge in [0.15, 0.2) is 18.1 Å². The SMILES string of the molecule is Cc1cc(OCC(=O)NN=Cc2ccc(O)c(O)c2)nc(N2CCOCC2)n1. The van der Waals surface area contributed by atoms with E-state index in [1.165, 1.54) is 24.4 Å². The van der Waals surface area contributed by atoms with E-state index in [1.807, 2.05) is 11.8 Å². The molecule has 10 nitrogen and oxygen atoms in total. The van der Waals surface area contributed by atoms with Crippen LogP contribution in [0.4, 0.5) is 5.95 Å². The Hall–Kier alpha value is -3.40. The number of phenolic OH excluding ortho intramolecular Hbond substituents is 2. The first-order valence-electron chi connectivity index (χ1n) is 8.66. The highest BCUT2D eigenvalue weighted by Gasteiger charge is 2.15. The van der Waals surface area contributed by atoms with Crippen molar-refractivity contribution in [1.82, 2.24) is 15.4 Å². The standard InChI is InChI=1S/C18H21N5O5/c1-12-8-17(21-18(20-12)23-4-6-27-7-5-23)28-11-16(26)22-19-10-13-2-3-14(24)15(25)9-13/h2-3,8-10,24-25H,4-7,11H2,1H3,(H,22,26). The molecule has 0 bridgehead atoms. The molecule has 0 radical (unpaired) electrons. The van der Waals surface area contributed by atoms with E-state index in [-0.39, 0.29) is 18.1 Å². The monoisotopic (exact) mass is 387 g/mol. The number of aromatic hydroxyl groups is 2. The molecule has 148 valence electrons. The van der Waals surface area contributed by atoms with Gasteiger partial charge in [-0.1, -0.05) is 0 Å². The number of nitrogens with zero attached hydrogens (tertiary/aromatic N) is 4. The van der Waals surface area contributed by atoms with Gasteiger partial charge in [0.1, 0.15) is 0 Å². The molecule has 1 fully saturated rings. The number of rotatable bonds is 6. The van der Waals surface area contributed by atoms with Crippen molar-refractivity contribution < 1.29 is 24.5 Å². The summed E-state index contributed by atoms with van der Waals surface area (Å²) in [5.74, 6) is -0.121. The molecule has 0 spiro atoms. The van der Waals surface area contributed by atoms with Crippen LogP contribution in [0.15, 0.2) is 29.4 Å². The molecule has 10 heteroatoms. The molecule has 28 heavy (non-hydrogen) atoms. The van der Waals surface area contributed by atoms with Crippen molar-refractivity contribution >= 4 is 18.1 Å². The molecule has 1 amide bonds. The summed E-state index contributed by atoms with van der Waals surface area (Å²) in [6.45, 7) is 4.20. The molecule has 3 rings (SSSR count). The van der Waals surface area contributed by atoms with Crippen molar-refractivity contribution in [2.24, 2.45) is 5.10 Å². The van der Waals surface area contributed by atoms with Crippen LogP contribution in [0.25, 0.3) is 0 Å². The van der Waals surface area contributed by atoms with E-state index in [9.17, 15) is 15.0 Å². The summed E-state index contributed by atoms with van der Waals surface area (Å²) in [6.07, 6.45) is 1.34. The summed E-state index contributed by atoms with van der Waals surface area (Å²) in [4.78, 5) is 22.6. The van der Waals surface area contributed by atoms with Crippen LogP contribution in [0, 0.1) is 6.92 Å². The molecule has 2 heterocycles. The molecule has 1 aliphatic heterocycles. The Balaban J connectivity index is 1.53. The highest BCUT2D eigenvalue weighted by atomic mass is 16.5. The van der Waals surface area contributed by atoms with Crippen LogP contribution in [0.3, 0.4) is 0 Å². The summed E-state index contributed by atoms with van der Waals surface area (Å²) in [6, 6.07) is 5.83. The molecular weight excluding hydrogens is 366 g/mol. The molecule has 2 aromatic rings. The van der Waals surface area contributed by atoms with Gasteiger partial charge in [-0.3, -0.25) is 4.79 Å². The number of carbonyl (C=O) groups is 1. The lowest BCUT2D eigenvalue weighted by molar-refractivity contribution is -0.123.